The number of hydrogen-bond acceptors (Lipinski definition) is 7. The summed E-state index contributed by atoms with van der Waals surface area (Å²) >= 11 is 1.68. The third kappa shape index (κ3) is 5.69. The molecule has 0 spiro atoms. The number of hydrogen-bond donors (Lipinski definition) is 1. The third-order valence-electron chi connectivity index (χ3n) is 6.77. The molecule has 1 N–H and O–H groups in total. The molecule has 1 heterocycles. The zero-order valence-corrected chi connectivity index (χ0v) is 22.4. The maximum Gasteiger partial charge on any atom is 0.336 e. The summed E-state index contributed by atoms with van der Waals surface area (Å²) in [6, 6.07) is 11.8. The van der Waals surface area contributed by atoms with E-state index in [2.05, 4.69) is 5.32 Å². The standard InChI is InChI=1S/C29H32FNO5S/c1-5-37-12-11-36-29(33)26-17(2)31-22-14-20(18-9-10-24(34-3)25(16-18)35-4)15-23(32)28(22)27(26)19-7-6-8-21(30)13-19/h6-10,13,16,20,27,31H,5,11-12,14-15H2,1-4H3/t20-,27-/m1/s1. The summed E-state index contributed by atoms with van der Waals surface area (Å²) in [5, 5.41) is 3.33. The van der Waals surface area contributed by atoms with Gasteiger partial charge in [0.05, 0.1) is 19.8 Å². The molecular weight excluding hydrogens is 493 g/mol. The van der Waals surface area contributed by atoms with E-state index in [4.69, 9.17) is 14.2 Å². The fourth-order valence-electron chi connectivity index (χ4n) is 5.09. The van der Waals surface area contributed by atoms with Crippen LogP contribution in [0.2, 0.25) is 0 Å². The molecule has 2 aromatic rings. The smallest absolute Gasteiger partial charge is 0.336 e. The number of rotatable bonds is 9. The van der Waals surface area contributed by atoms with Crippen molar-refractivity contribution in [3.63, 3.8) is 0 Å². The number of allylic oxidation sites excluding steroid dienone is 3. The number of carbonyl (C=O) groups excluding carboxylic acids is 2. The van der Waals surface area contributed by atoms with E-state index in [0.717, 1.165) is 17.0 Å². The number of benzene rings is 2. The molecule has 2 aromatic carbocycles. The van der Waals surface area contributed by atoms with Gasteiger partial charge >= 0.3 is 5.97 Å². The van der Waals surface area contributed by atoms with Gasteiger partial charge in [-0.1, -0.05) is 25.1 Å². The van der Waals surface area contributed by atoms with Gasteiger partial charge in [-0.25, -0.2) is 9.18 Å². The number of thioether (sulfide) groups is 1. The first kappa shape index (κ1) is 26.8. The zero-order valence-electron chi connectivity index (χ0n) is 21.6. The van der Waals surface area contributed by atoms with Crippen molar-refractivity contribution in [2.75, 3.05) is 32.3 Å². The van der Waals surface area contributed by atoms with E-state index in [1.54, 1.807) is 45.0 Å². The van der Waals surface area contributed by atoms with Crippen LogP contribution < -0.4 is 14.8 Å². The third-order valence-corrected chi connectivity index (χ3v) is 7.64. The minimum atomic E-state index is -0.697. The summed E-state index contributed by atoms with van der Waals surface area (Å²) in [5.41, 5.74) is 3.73. The topological polar surface area (TPSA) is 73.9 Å². The van der Waals surface area contributed by atoms with Crippen LogP contribution in [0.25, 0.3) is 0 Å². The van der Waals surface area contributed by atoms with Gasteiger partial charge in [0.2, 0.25) is 0 Å². The first-order valence-electron chi connectivity index (χ1n) is 12.3. The first-order valence-corrected chi connectivity index (χ1v) is 13.5. The molecule has 0 saturated heterocycles. The molecule has 1 aliphatic heterocycles. The Bertz CT molecular complexity index is 1250. The molecule has 0 amide bonds. The lowest BCUT2D eigenvalue weighted by Gasteiger charge is -2.36. The molecule has 0 saturated carbocycles. The average Bonchev–Trinajstić information content (AvgIpc) is 2.89. The Hall–Kier alpha value is -3.26. The van der Waals surface area contributed by atoms with Crippen molar-refractivity contribution < 1.29 is 28.2 Å². The SMILES string of the molecule is CCSCCOC(=O)C1=C(C)NC2=C(C(=O)C[C@H](c3ccc(OC)c(OC)c3)C2)[C@@H]1c1cccc(F)c1. The zero-order chi connectivity index (χ0) is 26.5. The van der Waals surface area contributed by atoms with Crippen LogP contribution in [-0.2, 0) is 14.3 Å². The van der Waals surface area contributed by atoms with E-state index >= 15 is 0 Å². The number of esters is 1. The largest absolute Gasteiger partial charge is 0.493 e. The quantitative estimate of drug-likeness (QED) is 0.342. The molecule has 0 fully saturated rings. The van der Waals surface area contributed by atoms with Gasteiger partial charge in [0.1, 0.15) is 12.4 Å². The van der Waals surface area contributed by atoms with Crippen LogP contribution in [0.4, 0.5) is 4.39 Å². The van der Waals surface area contributed by atoms with Gasteiger partial charge in [-0.2, -0.15) is 11.8 Å². The Morgan fingerprint density at radius 3 is 2.57 bits per heavy atom. The predicted molar refractivity (Wildman–Crippen MR) is 142 cm³/mol. The van der Waals surface area contributed by atoms with E-state index < -0.39 is 17.7 Å². The number of Topliss-reactive ketones (excluding diaryl/α,β-unsaturated/α-hetero) is 1. The normalized spacial score (nSPS) is 19.3. The van der Waals surface area contributed by atoms with Gasteiger partial charge in [-0.05, 0) is 60.4 Å². The number of halogens is 1. The highest BCUT2D eigenvalue weighted by molar-refractivity contribution is 7.99. The summed E-state index contributed by atoms with van der Waals surface area (Å²) in [5.74, 6) is 1.06. The van der Waals surface area contributed by atoms with E-state index in [-0.39, 0.29) is 24.7 Å². The molecule has 2 atom stereocenters. The molecule has 37 heavy (non-hydrogen) atoms. The summed E-state index contributed by atoms with van der Waals surface area (Å²) in [6.45, 7) is 4.12. The minimum absolute atomic E-state index is 0.0814. The van der Waals surface area contributed by atoms with Crippen LogP contribution in [0.5, 0.6) is 11.5 Å². The number of dihydropyridines is 1. The molecule has 196 valence electrons. The molecular formula is C29H32FNO5S. The number of ketones is 1. The Labute approximate surface area is 221 Å². The molecule has 4 rings (SSSR count). The molecule has 1 aliphatic carbocycles. The fraction of sp³-hybridized carbons (Fsp3) is 0.379. The van der Waals surface area contributed by atoms with E-state index in [1.807, 2.05) is 25.1 Å². The Morgan fingerprint density at radius 1 is 1.08 bits per heavy atom. The number of nitrogens with one attached hydrogen (secondary N) is 1. The molecule has 0 aromatic heterocycles. The maximum atomic E-state index is 14.3. The number of ether oxygens (including phenoxy) is 3. The molecule has 0 unspecified atom stereocenters. The lowest BCUT2D eigenvalue weighted by Crippen LogP contribution is -2.36. The van der Waals surface area contributed by atoms with Crippen LogP contribution in [0.3, 0.4) is 0 Å². The van der Waals surface area contributed by atoms with Crippen molar-refractivity contribution >= 4 is 23.5 Å². The van der Waals surface area contributed by atoms with E-state index in [0.29, 0.717) is 46.1 Å². The molecule has 0 radical (unpaired) electrons. The predicted octanol–water partition coefficient (Wildman–Crippen LogP) is 5.50. The number of carbonyl (C=O) groups is 2. The second-order valence-corrected chi connectivity index (χ2v) is 10.4. The highest BCUT2D eigenvalue weighted by Crippen LogP contribution is 2.46. The molecule has 0 bridgehead atoms. The van der Waals surface area contributed by atoms with Crippen molar-refractivity contribution in [3.05, 3.63) is 81.9 Å². The Kier molecular flexibility index (Phi) is 8.59. The Morgan fingerprint density at radius 2 is 1.86 bits per heavy atom. The van der Waals surface area contributed by atoms with E-state index in [1.165, 1.54) is 12.1 Å². The number of methoxy groups -OCH3 is 2. The molecule has 8 heteroatoms. The van der Waals surface area contributed by atoms with Crippen molar-refractivity contribution in [3.8, 4) is 11.5 Å². The van der Waals surface area contributed by atoms with Gasteiger partial charge in [-0.15, -0.1) is 0 Å². The second kappa shape index (κ2) is 11.9. The van der Waals surface area contributed by atoms with Crippen molar-refractivity contribution in [2.24, 2.45) is 0 Å². The first-order chi connectivity index (χ1) is 17.9. The van der Waals surface area contributed by atoms with E-state index in [9.17, 15) is 14.0 Å². The maximum absolute atomic E-state index is 14.3. The van der Waals surface area contributed by atoms with Gasteiger partial charge in [-0.3, -0.25) is 4.79 Å². The highest BCUT2D eigenvalue weighted by Gasteiger charge is 2.41. The lowest BCUT2D eigenvalue weighted by molar-refractivity contribution is -0.138. The molecule has 6 nitrogen and oxygen atoms in total. The van der Waals surface area contributed by atoms with Gasteiger partial charge in [0.25, 0.3) is 0 Å². The minimum Gasteiger partial charge on any atom is -0.493 e. The van der Waals surface area contributed by atoms with Crippen LogP contribution in [0.15, 0.2) is 65.0 Å². The van der Waals surface area contributed by atoms with Crippen LogP contribution in [-0.4, -0.2) is 44.1 Å². The Balaban J connectivity index is 1.71. The monoisotopic (exact) mass is 525 g/mol. The highest BCUT2D eigenvalue weighted by atomic mass is 32.2. The van der Waals surface area contributed by atoms with Gasteiger partial charge in [0.15, 0.2) is 17.3 Å². The summed E-state index contributed by atoms with van der Waals surface area (Å²) in [7, 11) is 3.16. The summed E-state index contributed by atoms with van der Waals surface area (Å²) in [4.78, 5) is 27.0. The molecule has 2 aliphatic rings. The van der Waals surface area contributed by atoms with Crippen LogP contribution in [0.1, 0.15) is 49.7 Å². The van der Waals surface area contributed by atoms with Crippen molar-refractivity contribution in [2.45, 2.75) is 38.5 Å². The van der Waals surface area contributed by atoms with Gasteiger partial charge < -0.3 is 19.5 Å². The lowest BCUT2D eigenvalue weighted by atomic mass is 9.71. The summed E-state index contributed by atoms with van der Waals surface area (Å²) < 4.78 is 30.7. The summed E-state index contributed by atoms with van der Waals surface area (Å²) in [6.07, 6.45) is 0.825. The second-order valence-electron chi connectivity index (χ2n) is 9.02. The van der Waals surface area contributed by atoms with Crippen molar-refractivity contribution in [1.82, 2.24) is 5.32 Å². The van der Waals surface area contributed by atoms with Crippen molar-refractivity contribution in [1.29, 1.82) is 0 Å². The fourth-order valence-corrected chi connectivity index (χ4v) is 5.58. The van der Waals surface area contributed by atoms with Crippen LogP contribution >= 0.6 is 11.8 Å². The average molecular weight is 526 g/mol. The van der Waals surface area contributed by atoms with Gasteiger partial charge in [0, 0.05) is 35.1 Å². The van der Waals surface area contributed by atoms with Crippen LogP contribution in [0, 0.1) is 5.82 Å².